The minimum absolute atomic E-state index is 0.200. The highest BCUT2D eigenvalue weighted by Crippen LogP contribution is 2.16. The van der Waals surface area contributed by atoms with Crippen LogP contribution in [0.1, 0.15) is 12.0 Å². The van der Waals surface area contributed by atoms with Crippen molar-refractivity contribution in [2.24, 2.45) is 5.92 Å². The van der Waals surface area contributed by atoms with Gasteiger partial charge in [-0.1, -0.05) is 12.1 Å². The zero-order chi connectivity index (χ0) is 12.8. The third kappa shape index (κ3) is 4.14. The van der Waals surface area contributed by atoms with Crippen molar-refractivity contribution in [3.8, 4) is 5.75 Å². The van der Waals surface area contributed by atoms with Crippen LogP contribution in [-0.4, -0.2) is 29.3 Å². The van der Waals surface area contributed by atoms with Crippen LogP contribution in [-0.2, 0) is 16.0 Å². The van der Waals surface area contributed by atoms with Gasteiger partial charge >= 0.3 is 11.9 Å². The highest BCUT2D eigenvalue weighted by Gasteiger charge is 2.21. The van der Waals surface area contributed by atoms with Gasteiger partial charge in [0.1, 0.15) is 5.75 Å². The summed E-state index contributed by atoms with van der Waals surface area (Å²) in [7, 11) is 1.54. The molecule has 1 aromatic carbocycles. The minimum atomic E-state index is -1.11. The van der Waals surface area contributed by atoms with E-state index in [4.69, 9.17) is 14.9 Å². The van der Waals surface area contributed by atoms with Gasteiger partial charge in [0.05, 0.1) is 19.4 Å². The Morgan fingerprint density at radius 3 is 2.24 bits per heavy atom. The highest BCUT2D eigenvalue weighted by atomic mass is 16.5. The summed E-state index contributed by atoms with van der Waals surface area (Å²) >= 11 is 0. The van der Waals surface area contributed by atoms with Gasteiger partial charge in [0.25, 0.3) is 0 Å². The first-order valence-corrected chi connectivity index (χ1v) is 5.10. The Labute approximate surface area is 98.6 Å². The number of carboxylic acids is 2. The highest BCUT2D eigenvalue weighted by molar-refractivity contribution is 5.78. The number of hydrogen-bond donors (Lipinski definition) is 2. The summed E-state index contributed by atoms with van der Waals surface area (Å²) in [5, 5.41) is 17.5. The average Bonchev–Trinajstić information content (AvgIpc) is 2.28. The zero-order valence-electron chi connectivity index (χ0n) is 9.42. The van der Waals surface area contributed by atoms with E-state index < -0.39 is 17.9 Å². The molecule has 0 saturated heterocycles. The number of benzene rings is 1. The maximum atomic E-state index is 10.9. The molecule has 0 aliphatic heterocycles. The summed E-state index contributed by atoms with van der Waals surface area (Å²) in [4.78, 5) is 21.4. The number of aliphatic carboxylic acids is 2. The SMILES string of the molecule is COc1ccc(C[C@@H](CC(=O)O)C(=O)O)cc1. The van der Waals surface area contributed by atoms with Crippen molar-refractivity contribution in [3.05, 3.63) is 29.8 Å². The second-order valence-corrected chi connectivity index (χ2v) is 3.69. The first-order valence-electron chi connectivity index (χ1n) is 5.10. The first kappa shape index (κ1) is 13.0. The number of rotatable bonds is 6. The van der Waals surface area contributed by atoms with E-state index in [0.717, 1.165) is 5.56 Å². The summed E-state index contributed by atoms with van der Waals surface area (Å²) in [5.41, 5.74) is 0.777. The summed E-state index contributed by atoms with van der Waals surface area (Å²) in [6, 6.07) is 6.90. The molecule has 92 valence electrons. The van der Waals surface area contributed by atoms with Crippen LogP contribution >= 0.6 is 0 Å². The molecule has 0 fully saturated rings. The molecule has 0 unspecified atom stereocenters. The third-order valence-electron chi connectivity index (χ3n) is 2.41. The van der Waals surface area contributed by atoms with E-state index in [1.54, 1.807) is 31.4 Å². The molecule has 17 heavy (non-hydrogen) atoms. The molecule has 0 aliphatic carbocycles. The Morgan fingerprint density at radius 2 is 1.82 bits per heavy atom. The molecular formula is C12H14O5. The van der Waals surface area contributed by atoms with Gasteiger partial charge in [0.15, 0.2) is 0 Å². The lowest BCUT2D eigenvalue weighted by atomic mass is 9.96. The Kier molecular flexibility index (Phi) is 4.51. The molecule has 0 amide bonds. The Balaban J connectivity index is 2.71. The van der Waals surface area contributed by atoms with Crippen LogP contribution in [0.3, 0.4) is 0 Å². The van der Waals surface area contributed by atoms with Gasteiger partial charge in [0, 0.05) is 0 Å². The van der Waals surface area contributed by atoms with Crippen LogP contribution in [0.4, 0.5) is 0 Å². The molecule has 2 N–H and O–H groups in total. The number of ether oxygens (including phenoxy) is 1. The van der Waals surface area contributed by atoms with Crippen molar-refractivity contribution >= 4 is 11.9 Å². The molecule has 0 aromatic heterocycles. The molecule has 0 aliphatic rings. The number of hydrogen-bond acceptors (Lipinski definition) is 3. The molecule has 0 saturated carbocycles. The van der Waals surface area contributed by atoms with E-state index in [-0.39, 0.29) is 12.8 Å². The largest absolute Gasteiger partial charge is 0.497 e. The fourth-order valence-corrected chi connectivity index (χ4v) is 1.50. The van der Waals surface area contributed by atoms with Crippen LogP contribution in [0.25, 0.3) is 0 Å². The lowest BCUT2D eigenvalue weighted by molar-refractivity contribution is -0.148. The average molecular weight is 238 g/mol. The van der Waals surface area contributed by atoms with E-state index >= 15 is 0 Å². The lowest BCUT2D eigenvalue weighted by Gasteiger charge is -2.10. The third-order valence-corrected chi connectivity index (χ3v) is 2.41. The Morgan fingerprint density at radius 1 is 1.24 bits per heavy atom. The van der Waals surface area contributed by atoms with E-state index in [9.17, 15) is 9.59 Å². The van der Waals surface area contributed by atoms with Crippen LogP contribution in [0.5, 0.6) is 5.75 Å². The molecule has 5 heteroatoms. The van der Waals surface area contributed by atoms with Gasteiger partial charge in [0.2, 0.25) is 0 Å². The maximum absolute atomic E-state index is 10.9. The van der Waals surface area contributed by atoms with Crippen molar-refractivity contribution in [2.75, 3.05) is 7.11 Å². The zero-order valence-corrected chi connectivity index (χ0v) is 9.42. The number of carboxylic acid groups (broad SMARTS) is 2. The van der Waals surface area contributed by atoms with Crippen molar-refractivity contribution < 1.29 is 24.5 Å². The van der Waals surface area contributed by atoms with Gasteiger partial charge in [-0.3, -0.25) is 9.59 Å². The Hall–Kier alpha value is -2.04. The molecule has 0 radical (unpaired) electrons. The van der Waals surface area contributed by atoms with Gasteiger partial charge in [-0.2, -0.15) is 0 Å². The van der Waals surface area contributed by atoms with Crippen LogP contribution < -0.4 is 4.74 Å². The van der Waals surface area contributed by atoms with Crippen LogP contribution in [0.15, 0.2) is 24.3 Å². The molecule has 0 spiro atoms. The minimum Gasteiger partial charge on any atom is -0.497 e. The predicted molar refractivity (Wildman–Crippen MR) is 60.1 cm³/mol. The van der Waals surface area contributed by atoms with Gasteiger partial charge in [-0.15, -0.1) is 0 Å². The first-order chi connectivity index (χ1) is 8.02. The van der Waals surface area contributed by atoms with E-state index in [2.05, 4.69) is 0 Å². The van der Waals surface area contributed by atoms with Crippen molar-refractivity contribution in [3.63, 3.8) is 0 Å². The topological polar surface area (TPSA) is 83.8 Å². The smallest absolute Gasteiger partial charge is 0.307 e. The quantitative estimate of drug-likeness (QED) is 0.782. The van der Waals surface area contributed by atoms with Gasteiger partial charge in [-0.05, 0) is 24.1 Å². The van der Waals surface area contributed by atoms with Gasteiger partial charge < -0.3 is 14.9 Å². The summed E-state index contributed by atoms with van der Waals surface area (Å²) in [5.74, 6) is -2.42. The standard InChI is InChI=1S/C12H14O5/c1-17-10-4-2-8(3-5-10)6-9(12(15)16)7-11(13)14/h2-5,9H,6-7H2,1H3,(H,13,14)(H,15,16)/t9-/m0/s1. The van der Waals surface area contributed by atoms with Crippen molar-refractivity contribution in [2.45, 2.75) is 12.8 Å². The monoisotopic (exact) mass is 238 g/mol. The molecule has 1 atom stereocenters. The molecule has 0 heterocycles. The summed E-state index contributed by atoms with van der Waals surface area (Å²) in [6.07, 6.45) is -0.174. The molecule has 1 rings (SSSR count). The lowest BCUT2D eigenvalue weighted by Crippen LogP contribution is -2.20. The fraction of sp³-hybridized carbons (Fsp3) is 0.333. The van der Waals surface area contributed by atoms with Crippen molar-refractivity contribution in [1.29, 1.82) is 0 Å². The number of carbonyl (C=O) groups is 2. The Bertz CT molecular complexity index is 396. The molecular weight excluding hydrogens is 224 g/mol. The van der Waals surface area contributed by atoms with Gasteiger partial charge in [-0.25, -0.2) is 0 Å². The van der Waals surface area contributed by atoms with Crippen molar-refractivity contribution in [1.82, 2.24) is 0 Å². The van der Waals surface area contributed by atoms with Crippen LogP contribution in [0.2, 0.25) is 0 Å². The normalized spacial score (nSPS) is 11.8. The second kappa shape index (κ2) is 5.89. The number of methoxy groups -OCH3 is 1. The molecule has 1 aromatic rings. The van der Waals surface area contributed by atoms with E-state index in [1.165, 1.54) is 0 Å². The summed E-state index contributed by atoms with van der Waals surface area (Å²) in [6.45, 7) is 0. The van der Waals surface area contributed by atoms with E-state index in [0.29, 0.717) is 5.75 Å². The second-order valence-electron chi connectivity index (χ2n) is 3.69. The summed E-state index contributed by atoms with van der Waals surface area (Å²) < 4.78 is 4.98. The molecule has 5 nitrogen and oxygen atoms in total. The molecule has 0 bridgehead atoms. The van der Waals surface area contributed by atoms with E-state index in [1.807, 2.05) is 0 Å². The maximum Gasteiger partial charge on any atom is 0.307 e. The van der Waals surface area contributed by atoms with Crippen LogP contribution in [0, 0.1) is 5.92 Å². The fourth-order valence-electron chi connectivity index (χ4n) is 1.50. The predicted octanol–water partition coefficient (Wildman–Crippen LogP) is 1.41.